The third-order valence-electron chi connectivity index (χ3n) is 2.57. The number of thiol groups is 1. The Morgan fingerprint density at radius 1 is 1.44 bits per heavy atom. The molecule has 1 aromatic rings. The van der Waals surface area contributed by atoms with Gasteiger partial charge in [-0.3, -0.25) is 0 Å². The zero-order valence-corrected chi connectivity index (χ0v) is 10.8. The maximum atomic E-state index is 13.0. The molecule has 3 heteroatoms. The molecule has 0 N–H and O–H groups in total. The summed E-state index contributed by atoms with van der Waals surface area (Å²) in [6.45, 7) is 4.55. The number of ether oxygens (including phenoxy) is 1. The standard InChI is InChI=1S/C13H19FOS/c1-3-4-11(9-16)8-15-12-5-6-13(14)10(2)7-12/h5-7,11,16H,3-4,8-9H2,1-2H3. The Hall–Kier alpha value is -0.700. The number of hydrogen-bond donors (Lipinski definition) is 1. The van der Waals surface area contributed by atoms with Gasteiger partial charge in [-0.15, -0.1) is 0 Å². The van der Waals surface area contributed by atoms with E-state index >= 15 is 0 Å². The Bertz CT molecular complexity index is 328. The second-order valence-corrected chi connectivity index (χ2v) is 4.42. The zero-order chi connectivity index (χ0) is 12.0. The molecule has 0 aliphatic heterocycles. The summed E-state index contributed by atoms with van der Waals surface area (Å²) in [7, 11) is 0. The van der Waals surface area contributed by atoms with Gasteiger partial charge in [-0.05, 0) is 42.9 Å². The molecule has 0 radical (unpaired) electrons. The van der Waals surface area contributed by atoms with Crippen molar-refractivity contribution in [1.29, 1.82) is 0 Å². The van der Waals surface area contributed by atoms with E-state index < -0.39 is 0 Å². The lowest BCUT2D eigenvalue weighted by molar-refractivity contribution is 0.254. The summed E-state index contributed by atoms with van der Waals surface area (Å²) in [6, 6.07) is 4.85. The van der Waals surface area contributed by atoms with Crippen LogP contribution in [0.1, 0.15) is 25.3 Å². The van der Waals surface area contributed by atoms with Crippen LogP contribution >= 0.6 is 12.6 Å². The summed E-state index contributed by atoms with van der Waals surface area (Å²) in [6.07, 6.45) is 2.25. The average Bonchev–Trinajstić information content (AvgIpc) is 2.28. The van der Waals surface area contributed by atoms with Crippen LogP contribution in [0.3, 0.4) is 0 Å². The van der Waals surface area contributed by atoms with E-state index in [0.717, 1.165) is 24.3 Å². The lowest BCUT2D eigenvalue weighted by Gasteiger charge is -2.14. The van der Waals surface area contributed by atoms with Gasteiger partial charge in [0.25, 0.3) is 0 Å². The summed E-state index contributed by atoms with van der Waals surface area (Å²) in [5, 5.41) is 0. The molecule has 1 aromatic carbocycles. The highest BCUT2D eigenvalue weighted by Gasteiger charge is 2.07. The van der Waals surface area contributed by atoms with Crippen molar-refractivity contribution >= 4 is 12.6 Å². The fourth-order valence-electron chi connectivity index (χ4n) is 1.56. The van der Waals surface area contributed by atoms with Crippen LogP contribution in [0.15, 0.2) is 18.2 Å². The summed E-state index contributed by atoms with van der Waals surface area (Å²) in [5.74, 6) is 1.85. The first-order chi connectivity index (χ1) is 7.67. The van der Waals surface area contributed by atoms with E-state index in [1.54, 1.807) is 19.1 Å². The van der Waals surface area contributed by atoms with Gasteiger partial charge < -0.3 is 4.74 Å². The molecular weight excluding hydrogens is 223 g/mol. The first-order valence-corrected chi connectivity index (χ1v) is 6.30. The van der Waals surface area contributed by atoms with Gasteiger partial charge in [-0.25, -0.2) is 4.39 Å². The number of hydrogen-bond acceptors (Lipinski definition) is 2. The van der Waals surface area contributed by atoms with E-state index in [1.807, 2.05) is 0 Å². The lowest BCUT2D eigenvalue weighted by Crippen LogP contribution is -2.13. The SMILES string of the molecule is CCCC(CS)COc1ccc(F)c(C)c1. The molecular formula is C13H19FOS. The van der Waals surface area contributed by atoms with E-state index in [9.17, 15) is 4.39 Å². The highest BCUT2D eigenvalue weighted by atomic mass is 32.1. The minimum atomic E-state index is -0.188. The molecule has 1 atom stereocenters. The van der Waals surface area contributed by atoms with Gasteiger partial charge in [-0.2, -0.15) is 12.6 Å². The minimum Gasteiger partial charge on any atom is -0.493 e. The van der Waals surface area contributed by atoms with E-state index in [4.69, 9.17) is 4.74 Å². The van der Waals surface area contributed by atoms with Crippen LogP contribution < -0.4 is 4.74 Å². The second kappa shape index (κ2) is 6.79. The second-order valence-electron chi connectivity index (χ2n) is 4.06. The maximum absolute atomic E-state index is 13.0. The first kappa shape index (κ1) is 13.4. The zero-order valence-electron chi connectivity index (χ0n) is 9.87. The van der Waals surface area contributed by atoms with E-state index in [2.05, 4.69) is 19.6 Å². The topological polar surface area (TPSA) is 9.23 Å². The molecule has 16 heavy (non-hydrogen) atoms. The molecule has 0 aliphatic carbocycles. The molecule has 0 bridgehead atoms. The van der Waals surface area contributed by atoms with E-state index in [-0.39, 0.29) is 5.82 Å². The molecule has 0 saturated heterocycles. The highest BCUT2D eigenvalue weighted by molar-refractivity contribution is 7.80. The van der Waals surface area contributed by atoms with Crippen LogP contribution in [0.4, 0.5) is 4.39 Å². The normalized spacial score (nSPS) is 12.5. The van der Waals surface area contributed by atoms with Gasteiger partial charge in [-0.1, -0.05) is 13.3 Å². The Labute approximate surface area is 102 Å². The minimum absolute atomic E-state index is 0.188. The van der Waals surface area contributed by atoms with Crippen molar-refractivity contribution in [3.63, 3.8) is 0 Å². The molecule has 0 amide bonds. The van der Waals surface area contributed by atoms with Crippen molar-refractivity contribution in [2.24, 2.45) is 5.92 Å². The van der Waals surface area contributed by atoms with Crippen molar-refractivity contribution in [2.75, 3.05) is 12.4 Å². The number of aryl methyl sites for hydroxylation is 1. The Morgan fingerprint density at radius 3 is 2.75 bits per heavy atom. The molecule has 1 unspecified atom stereocenters. The van der Waals surface area contributed by atoms with Crippen molar-refractivity contribution in [2.45, 2.75) is 26.7 Å². The third kappa shape index (κ3) is 4.05. The molecule has 1 rings (SSSR count). The molecule has 0 spiro atoms. The van der Waals surface area contributed by atoms with Crippen LogP contribution in [0.2, 0.25) is 0 Å². The summed E-state index contributed by atoms with van der Waals surface area (Å²) < 4.78 is 18.6. The predicted octanol–water partition coefficient (Wildman–Crippen LogP) is 3.86. The number of benzene rings is 1. The van der Waals surface area contributed by atoms with E-state index in [1.165, 1.54) is 6.07 Å². The summed E-state index contributed by atoms with van der Waals surface area (Å²) in [5.41, 5.74) is 0.621. The van der Waals surface area contributed by atoms with E-state index in [0.29, 0.717) is 18.1 Å². The highest BCUT2D eigenvalue weighted by Crippen LogP contribution is 2.18. The van der Waals surface area contributed by atoms with Gasteiger partial charge >= 0.3 is 0 Å². The number of halogens is 1. The lowest BCUT2D eigenvalue weighted by atomic mass is 10.1. The maximum Gasteiger partial charge on any atom is 0.126 e. The molecule has 90 valence electrons. The fraction of sp³-hybridized carbons (Fsp3) is 0.538. The average molecular weight is 242 g/mol. The molecule has 0 aromatic heterocycles. The molecule has 0 heterocycles. The Kier molecular flexibility index (Phi) is 5.67. The van der Waals surface area contributed by atoms with Gasteiger partial charge in [0, 0.05) is 5.92 Å². The molecule has 0 saturated carbocycles. The van der Waals surface area contributed by atoms with Crippen molar-refractivity contribution in [3.8, 4) is 5.75 Å². The van der Waals surface area contributed by atoms with Gasteiger partial charge in [0.1, 0.15) is 11.6 Å². The van der Waals surface area contributed by atoms with Crippen molar-refractivity contribution in [3.05, 3.63) is 29.6 Å². The Morgan fingerprint density at radius 2 is 2.19 bits per heavy atom. The van der Waals surface area contributed by atoms with Crippen molar-refractivity contribution in [1.82, 2.24) is 0 Å². The smallest absolute Gasteiger partial charge is 0.126 e. The van der Waals surface area contributed by atoms with Crippen LogP contribution in [0.5, 0.6) is 5.75 Å². The van der Waals surface area contributed by atoms with Crippen LogP contribution in [0.25, 0.3) is 0 Å². The van der Waals surface area contributed by atoms with Gasteiger partial charge in [0.05, 0.1) is 6.61 Å². The summed E-state index contributed by atoms with van der Waals surface area (Å²) in [4.78, 5) is 0. The first-order valence-electron chi connectivity index (χ1n) is 5.67. The summed E-state index contributed by atoms with van der Waals surface area (Å²) >= 11 is 4.29. The molecule has 1 nitrogen and oxygen atoms in total. The largest absolute Gasteiger partial charge is 0.493 e. The van der Waals surface area contributed by atoms with Crippen LogP contribution in [-0.4, -0.2) is 12.4 Å². The molecule has 0 aliphatic rings. The monoisotopic (exact) mass is 242 g/mol. The Balaban J connectivity index is 2.50. The van der Waals surface area contributed by atoms with Gasteiger partial charge in [0.15, 0.2) is 0 Å². The van der Waals surface area contributed by atoms with Crippen molar-refractivity contribution < 1.29 is 9.13 Å². The quantitative estimate of drug-likeness (QED) is 0.745. The number of rotatable bonds is 6. The predicted molar refractivity (Wildman–Crippen MR) is 68.9 cm³/mol. The van der Waals surface area contributed by atoms with Crippen LogP contribution in [0, 0.1) is 18.7 Å². The third-order valence-corrected chi connectivity index (χ3v) is 3.09. The fourth-order valence-corrected chi connectivity index (χ4v) is 1.84. The van der Waals surface area contributed by atoms with Gasteiger partial charge in [0.2, 0.25) is 0 Å². The molecule has 0 fully saturated rings. The van der Waals surface area contributed by atoms with Crippen LogP contribution in [-0.2, 0) is 0 Å².